The second-order valence-corrected chi connectivity index (χ2v) is 9.58. The lowest BCUT2D eigenvalue weighted by Crippen LogP contribution is -2.42. The lowest BCUT2D eigenvalue weighted by molar-refractivity contribution is -0.117. The van der Waals surface area contributed by atoms with Gasteiger partial charge in [-0.2, -0.15) is 0 Å². The molecule has 0 aliphatic carbocycles. The molecule has 0 fully saturated rings. The minimum atomic E-state index is -4.17. The molecule has 0 aromatic heterocycles. The first-order chi connectivity index (χ1) is 15.9. The summed E-state index contributed by atoms with van der Waals surface area (Å²) in [5.41, 5.74) is 2.00. The fraction of sp³-hybridized carbons (Fsp3) is 0.208. The summed E-state index contributed by atoms with van der Waals surface area (Å²) >= 11 is 0. The molecule has 170 valence electrons. The summed E-state index contributed by atoms with van der Waals surface area (Å²) < 4.78 is 52.9. The third kappa shape index (κ3) is 4.00. The monoisotopic (exact) mass is 468 g/mol. The largest absolute Gasteiger partial charge is 0.486 e. The molecule has 2 heterocycles. The van der Waals surface area contributed by atoms with E-state index < -0.39 is 22.4 Å². The Bertz CT molecular complexity index is 1310. The predicted octanol–water partition coefficient (Wildman–Crippen LogP) is 3.38. The van der Waals surface area contributed by atoms with Crippen molar-refractivity contribution >= 4 is 27.3 Å². The molecule has 0 bridgehead atoms. The molecule has 2 aliphatic heterocycles. The van der Waals surface area contributed by atoms with Crippen molar-refractivity contribution in [3.63, 3.8) is 0 Å². The molecule has 2 aliphatic rings. The van der Waals surface area contributed by atoms with Gasteiger partial charge in [0.25, 0.3) is 10.0 Å². The first-order valence-corrected chi connectivity index (χ1v) is 11.9. The molecule has 0 radical (unpaired) electrons. The van der Waals surface area contributed by atoms with Crippen molar-refractivity contribution < 1.29 is 27.1 Å². The number of amides is 1. The van der Waals surface area contributed by atoms with E-state index in [9.17, 15) is 17.6 Å². The Morgan fingerprint density at radius 1 is 0.970 bits per heavy atom. The zero-order valence-electron chi connectivity index (χ0n) is 17.6. The number of halogens is 1. The summed E-state index contributed by atoms with van der Waals surface area (Å²) in [7, 11) is -4.17. The maximum atomic E-state index is 13.7. The van der Waals surface area contributed by atoms with Crippen LogP contribution in [0.3, 0.4) is 0 Å². The van der Waals surface area contributed by atoms with E-state index in [1.807, 2.05) is 24.3 Å². The summed E-state index contributed by atoms with van der Waals surface area (Å²) in [5.74, 6) is -0.0972. The third-order valence-corrected chi connectivity index (χ3v) is 7.45. The van der Waals surface area contributed by atoms with Crippen LogP contribution in [-0.4, -0.2) is 40.6 Å². The normalized spacial score (nSPS) is 14.6. The minimum absolute atomic E-state index is 0.0503. The molecule has 5 rings (SSSR count). The Balaban J connectivity index is 1.51. The summed E-state index contributed by atoms with van der Waals surface area (Å²) in [4.78, 5) is 14.8. The third-order valence-electron chi connectivity index (χ3n) is 5.68. The highest BCUT2D eigenvalue weighted by atomic mass is 32.2. The molecule has 3 aromatic carbocycles. The van der Waals surface area contributed by atoms with E-state index in [-0.39, 0.29) is 16.5 Å². The van der Waals surface area contributed by atoms with Crippen molar-refractivity contribution in [2.75, 3.05) is 35.5 Å². The lowest BCUT2D eigenvalue weighted by Gasteiger charge is -2.27. The molecule has 0 spiro atoms. The van der Waals surface area contributed by atoms with Gasteiger partial charge in [-0.05, 0) is 54.4 Å². The SMILES string of the molecule is O=C(CN(c1ccc(F)cc1)S(=O)(=O)c1ccc2c(c1)OCCO2)N1CCc2ccccc21. The maximum absolute atomic E-state index is 13.7. The van der Waals surface area contributed by atoms with Crippen LogP contribution in [0.25, 0.3) is 0 Å². The number of fused-ring (bicyclic) bond motifs is 2. The number of rotatable bonds is 5. The van der Waals surface area contributed by atoms with Crippen LogP contribution in [-0.2, 0) is 21.2 Å². The first kappa shape index (κ1) is 21.3. The van der Waals surface area contributed by atoms with Gasteiger partial charge in [-0.3, -0.25) is 9.10 Å². The van der Waals surface area contributed by atoms with Gasteiger partial charge in [0, 0.05) is 18.3 Å². The average Bonchev–Trinajstić information content (AvgIpc) is 3.27. The van der Waals surface area contributed by atoms with Crippen LogP contribution < -0.4 is 18.7 Å². The maximum Gasteiger partial charge on any atom is 0.264 e. The second kappa shape index (κ2) is 8.40. The number of hydrogen-bond donors (Lipinski definition) is 0. The molecule has 0 atom stereocenters. The number of ether oxygens (including phenoxy) is 2. The van der Waals surface area contributed by atoms with E-state index >= 15 is 0 Å². The van der Waals surface area contributed by atoms with Crippen molar-refractivity contribution in [2.24, 2.45) is 0 Å². The van der Waals surface area contributed by atoms with Crippen LogP contribution >= 0.6 is 0 Å². The summed E-state index contributed by atoms with van der Waals surface area (Å²) in [6, 6.07) is 16.9. The van der Waals surface area contributed by atoms with Gasteiger partial charge in [-0.15, -0.1) is 0 Å². The smallest absolute Gasteiger partial charge is 0.264 e. The Labute approximate surface area is 191 Å². The van der Waals surface area contributed by atoms with Gasteiger partial charge >= 0.3 is 0 Å². The molecule has 7 nitrogen and oxygen atoms in total. The zero-order valence-corrected chi connectivity index (χ0v) is 18.4. The Morgan fingerprint density at radius 2 is 1.70 bits per heavy atom. The highest BCUT2D eigenvalue weighted by Gasteiger charge is 2.32. The molecular weight excluding hydrogens is 447 g/mol. The van der Waals surface area contributed by atoms with E-state index in [2.05, 4.69) is 0 Å². The number of carbonyl (C=O) groups is 1. The quantitative estimate of drug-likeness (QED) is 0.574. The Morgan fingerprint density at radius 3 is 2.48 bits per heavy atom. The summed E-state index contributed by atoms with van der Waals surface area (Å²) in [5, 5.41) is 0. The number of carbonyl (C=O) groups excluding carboxylic acids is 1. The summed E-state index contributed by atoms with van der Waals surface area (Å²) in [6.45, 7) is 0.730. The molecule has 33 heavy (non-hydrogen) atoms. The number of sulfonamides is 1. The van der Waals surface area contributed by atoms with Gasteiger partial charge in [-0.25, -0.2) is 12.8 Å². The van der Waals surface area contributed by atoms with Crippen molar-refractivity contribution in [3.8, 4) is 11.5 Å². The molecule has 1 amide bonds. The van der Waals surface area contributed by atoms with Gasteiger partial charge in [0.15, 0.2) is 11.5 Å². The van der Waals surface area contributed by atoms with E-state index in [1.165, 1.54) is 30.3 Å². The first-order valence-electron chi connectivity index (χ1n) is 10.5. The number of benzene rings is 3. The highest BCUT2D eigenvalue weighted by molar-refractivity contribution is 7.92. The van der Waals surface area contributed by atoms with Gasteiger partial charge in [-0.1, -0.05) is 18.2 Å². The van der Waals surface area contributed by atoms with Gasteiger partial charge in [0.05, 0.1) is 10.6 Å². The predicted molar refractivity (Wildman–Crippen MR) is 121 cm³/mol. The minimum Gasteiger partial charge on any atom is -0.486 e. The standard InChI is InChI=1S/C24H21FN2O5S/c25-18-5-7-19(8-6-18)27(16-24(28)26-12-11-17-3-1-2-4-21(17)26)33(29,30)20-9-10-22-23(15-20)32-14-13-31-22/h1-10,15H,11-14,16H2. The van der Waals surface area contributed by atoms with E-state index in [0.717, 1.165) is 27.7 Å². The molecule has 9 heteroatoms. The fourth-order valence-electron chi connectivity index (χ4n) is 4.04. The Hall–Kier alpha value is -3.59. The fourth-order valence-corrected chi connectivity index (χ4v) is 5.47. The number of para-hydroxylation sites is 1. The lowest BCUT2D eigenvalue weighted by atomic mass is 10.2. The van der Waals surface area contributed by atoms with Crippen molar-refractivity contribution in [1.29, 1.82) is 0 Å². The molecule has 0 saturated heterocycles. The van der Waals surface area contributed by atoms with Crippen molar-refractivity contribution in [1.82, 2.24) is 0 Å². The van der Waals surface area contributed by atoms with Gasteiger partial charge in [0.1, 0.15) is 25.6 Å². The number of anilines is 2. The van der Waals surface area contributed by atoms with Crippen LogP contribution in [0.5, 0.6) is 11.5 Å². The van der Waals surface area contributed by atoms with Crippen LogP contribution in [0, 0.1) is 5.82 Å². The number of nitrogens with zero attached hydrogens (tertiary/aromatic N) is 2. The number of hydrogen-bond acceptors (Lipinski definition) is 5. The van der Waals surface area contributed by atoms with E-state index in [4.69, 9.17) is 9.47 Å². The van der Waals surface area contributed by atoms with Gasteiger partial charge < -0.3 is 14.4 Å². The topological polar surface area (TPSA) is 76.2 Å². The summed E-state index contributed by atoms with van der Waals surface area (Å²) in [6.07, 6.45) is 0.702. The van der Waals surface area contributed by atoms with Crippen LogP contribution in [0.1, 0.15) is 5.56 Å². The van der Waals surface area contributed by atoms with Gasteiger partial charge in [0.2, 0.25) is 5.91 Å². The van der Waals surface area contributed by atoms with Crippen molar-refractivity contribution in [2.45, 2.75) is 11.3 Å². The molecule has 0 unspecified atom stereocenters. The van der Waals surface area contributed by atoms with Crippen molar-refractivity contribution in [3.05, 3.63) is 78.1 Å². The highest BCUT2D eigenvalue weighted by Crippen LogP contribution is 2.35. The van der Waals surface area contributed by atoms with Crippen LogP contribution in [0.2, 0.25) is 0 Å². The molecule has 0 N–H and O–H groups in total. The molecular formula is C24H21FN2O5S. The zero-order chi connectivity index (χ0) is 23.0. The van der Waals surface area contributed by atoms with Crippen LogP contribution in [0.4, 0.5) is 15.8 Å². The molecule has 0 saturated carbocycles. The molecule has 3 aromatic rings. The Kier molecular flexibility index (Phi) is 5.41. The average molecular weight is 469 g/mol. The van der Waals surface area contributed by atoms with E-state index in [0.29, 0.717) is 37.7 Å². The van der Waals surface area contributed by atoms with Crippen LogP contribution in [0.15, 0.2) is 71.6 Å². The second-order valence-electron chi connectivity index (χ2n) is 7.72. The van der Waals surface area contributed by atoms with E-state index in [1.54, 1.807) is 4.90 Å².